The number of rotatable bonds is 2. The number of alkyl halides is 1. The van der Waals surface area contributed by atoms with Gasteiger partial charge >= 0.3 is 5.97 Å². The summed E-state index contributed by atoms with van der Waals surface area (Å²) in [5.74, 6) is -0.918. The molecule has 1 heterocycles. The third kappa shape index (κ3) is 2.60. The Morgan fingerprint density at radius 1 is 1.58 bits per heavy atom. The zero-order valence-corrected chi connectivity index (χ0v) is 6.99. The lowest BCUT2D eigenvalue weighted by Crippen LogP contribution is -2.41. The smallest absolute Gasteiger partial charge is 0.323 e. The average molecular weight is 197 g/mol. The Kier molecular flexibility index (Phi) is 3.74. The summed E-state index contributed by atoms with van der Waals surface area (Å²) in [5, 5.41) is 9.05. The van der Waals surface area contributed by atoms with Gasteiger partial charge < -0.3 is 19.3 Å². The van der Waals surface area contributed by atoms with Crippen molar-refractivity contribution in [1.29, 1.82) is 0 Å². The van der Waals surface area contributed by atoms with E-state index in [2.05, 4.69) is 4.74 Å². The standard InChI is InChI=1S/C6H9ClO5/c7-3-4(8)12-6-5(9)10-1-2-11-6/h5-6,9H,1-3H2. The van der Waals surface area contributed by atoms with Gasteiger partial charge in [0.25, 0.3) is 6.29 Å². The van der Waals surface area contributed by atoms with Crippen LogP contribution in [0.1, 0.15) is 0 Å². The number of esters is 1. The maximum absolute atomic E-state index is 10.6. The average Bonchev–Trinajstić information content (AvgIpc) is 2.09. The van der Waals surface area contributed by atoms with Crippen molar-refractivity contribution in [3.8, 4) is 0 Å². The van der Waals surface area contributed by atoms with E-state index >= 15 is 0 Å². The van der Waals surface area contributed by atoms with Gasteiger partial charge in [-0.05, 0) is 0 Å². The molecule has 1 aliphatic heterocycles. The van der Waals surface area contributed by atoms with Crippen molar-refractivity contribution in [1.82, 2.24) is 0 Å². The molecule has 1 saturated heterocycles. The molecule has 6 heteroatoms. The second kappa shape index (κ2) is 4.61. The highest BCUT2D eigenvalue weighted by molar-refractivity contribution is 6.26. The van der Waals surface area contributed by atoms with Gasteiger partial charge in [-0.1, -0.05) is 0 Å². The van der Waals surface area contributed by atoms with Gasteiger partial charge in [0.05, 0.1) is 13.2 Å². The number of aliphatic hydroxyl groups excluding tert-OH is 1. The number of carbonyl (C=O) groups excluding carboxylic acids is 1. The first-order valence-corrected chi connectivity index (χ1v) is 3.94. The summed E-state index contributed by atoms with van der Waals surface area (Å²) in [5.41, 5.74) is 0. The molecule has 1 rings (SSSR count). The molecule has 5 nitrogen and oxygen atoms in total. The minimum Gasteiger partial charge on any atom is -0.429 e. The Bertz CT molecular complexity index is 162. The summed E-state index contributed by atoms with van der Waals surface area (Å²) in [7, 11) is 0. The summed E-state index contributed by atoms with van der Waals surface area (Å²) >= 11 is 5.17. The molecule has 0 aromatic rings. The fourth-order valence-corrected chi connectivity index (χ4v) is 0.810. The van der Waals surface area contributed by atoms with Crippen LogP contribution < -0.4 is 0 Å². The molecule has 0 aromatic carbocycles. The third-order valence-electron chi connectivity index (χ3n) is 1.24. The second-order valence-electron chi connectivity index (χ2n) is 2.12. The molecule has 1 N–H and O–H groups in total. The minimum absolute atomic E-state index is 0.271. The van der Waals surface area contributed by atoms with Crippen molar-refractivity contribution >= 4 is 17.6 Å². The van der Waals surface area contributed by atoms with E-state index < -0.39 is 18.5 Å². The number of carbonyl (C=O) groups is 1. The summed E-state index contributed by atoms with van der Waals surface area (Å²) in [4.78, 5) is 10.6. The predicted octanol–water partition coefficient (Wildman–Crippen LogP) is -0.540. The lowest BCUT2D eigenvalue weighted by molar-refractivity contribution is -0.296. The van der Waals surface area contributed by atoms with E-state index in [0.29, 0.717) is 0 Å². The summed E-state index contributed by atoms with van der Waals surface area (Å²) < 4.78 is 14.2. The SMILES string of the molecule is O=C(CCl)OC1OCCOC1O. The molecule has 12 heavy (non-hydrogen) atoms. The molecular formula is C6H9ClO5. The van der Waals surface area contributed by atoms with E-state index in [1.54, 1.807) is 0 Å². The first kappa shape index (κ1) is 9.73. The van der Waals surface area contributed by atoms with Crippen LogP contribution in [0.2, 0.25) is 0 Å². The number of ether oxygens (including phenoxy) is 3. The number of aliphatic hydroxyl groups is 1. The Balaban J connectivity index is 2.33. The van der Waals surface area contributed by atoms with Crippen molar-refractivity contribution in [3.05, 3.63) is 0 Å². The van der Waals surface area contributed by atoms with Gasteiger partial charge in [0.2, 0.25) is 6.29 Å². The van der Waals surface area contributed by atoms with Gasteiger partial charge in [-0.25, -0.2) is 0 Å². The molecule has 2 atom stereocenters. The quantitative estimate of drug-likeness (QED) is 0.475. The Hall–Kier alpha value is -0.360. The first-order valence-electron chi connectivity index (χ1n) is 3.41. The van der Waals surface area contributed by atoms with E-state index in [0.717, 1.165) is 0 Å². The van der Waals surface area contributed by atoms with Crippen LogP contribution in [0.3, 0.4) is 0 Å². The summed E-state index contributed by atoms with van der Waals surface area (Å²) in [6, 6.07) is 0. The monoisotopic (exact) mass is 196 g/mol. The van der Waals surface area contributed by atoms with Crippen molar-refractivity contribution in [2.75, 3.05) is 19.1 Å². The van der Waals surface area contributed by atoms with Crippen LogP contribution in [-0.4, -0.2) is 42.7 Å². The molecule has 0 radical (unpaired) electrons. The minimum atomic E-state index is -1.22. The maximum Gasteiger partial charge on any atom is 0.323 e. The van der Waals surface area contributed by atoms with E-state index in [9.17, 15) is 4.79 Å². The maximum atomic E-state index is 10.6. The summed E-state index contributed by atoms with van der Waals surface area (Å²) in [6.07, 6.45) is -2.27. The molecule has 0 amide bonds. The van der Waals surface area contributed by atoms with Gasteiger partial charge in [0.1, 0.15) is 5.88 Å². The van der Waals surface area contributed by atoms with Gasteiger partial charge in [-0.3, -0.25) is 4.79 Å². The van der Waals surface area contributed by atoms with Crippen LogP contribution in [-0.2, 0) is 19.0 Å². The van der Waals surface area contributed by atoms with Crippen molar-refractivity contribution in [3.63, 3.8) is 0 Å². The number of hydrogen-bond donors (Lipinski definition) is 1. The molecule has 0 saturated carbocycles. The molecular weight excluding hydrogens is 188 g/mol. The van der Waals surface area contributed by atoms with E-state index in [-0.39, 0.29) is 19.1 Å². The topological polar surface area (TPSA) is 65.0 Å². The molecule has 1 fully saturated rings. The lowest BCUT2D eigenvalue weighted by atomic mass is 10.5. The van der Waals surface area contributed by atoms with Crippen LogP contribution >= 0.6 is 11.6 Å². The van der Waals surface area contributed by atoms with Gasteiger partial charge in [0, 0.05) is 0 Å². The number of hydrogen-bond acceptors (Lipinski definition) is 5. The number of halogens is 1. The second-order valence-corrected chi connectivity index (χ2v) is 2.39. The fourth-order valence-electron chi connectivity index (χ4n) is 0.747. The highest BCUT2D eigenvalue weighted by atomic mass is 35.5. The third-order valence-corrected chi connectivity index (χ3v) is 1.46. The van der Waals surface area contributed by atoms with Crippen LogP contribution in [0, 0.1) is 0 Å². The van der Waals surface area contributed by atoms with Gasteiger partial charge in [-0.15, -0.1) is 11.6 Å². The molecule has 0 aliphatic carbocycles. The van der Waals surface area contributed by atoms with Crippen molar-refractivity contribution < 1.29 is 24.1 Å². The Labute approximate surface area is 74.2 Å². The van der Waals surface area contributed by atoms with Crippen LogP contribution in [0.4, 0.5) is 0 Å². The first-order chi connectivity index (χ1) is 5.74. The zero-order chi connectivity index (χ0) is 8.97. The van der Waals surface area contributed by atoms with Gasteiger partial charge in [-0.2, -0.15) is 0 Å². The molecule has 70 valence electrons. The zero-order valence-electron chi connectivity index (χ0n) is 6.23. The summed E-state index contributed by atoms with van der Waals surface area (Å²) in [6.45, 7) is 0.577. The normalized spacial score (nSPS) is 29.8. The molecule has 0 aromatic heterocycles. The Morgan fingerprint density at radius 2 is 2.25 bits per heavy atom. The van der Waals surface area contributed by atoms with E-state index in [1.165, 1.54) is 0 Å². The van der Waals surface area contributed by atoms with Crippen molar-refractivity contribution in [2.24, 2.45) is 0 Å². The Morgan fingerprint density at radius 3 is 2.83 bits per heavy atom. The van der Waals surface area contributed by atoms with Crippen LogP contribution in [0.5, 0.6) is 0 Å². The highest BCUT2D eigenvalue weighted by Gasteiger charge is 2.27. The predicted molar refractivity (Wildman–Crippen MR) is 38.5 cm³/mol. The fraction of sp³-hybridized carbons (Fsp3) is 0.833. The van der Waals surface area contributed by atoms with Crippen molar-refractivity contribution in [2.45, 2.75) is 12.6 Å². The molecule has 0 spiro atoms. The van der Waals surface area contributed by atoms with E-state index in [4.69, 9.17) is 26.2 Å². The highest BCUT2D eigenvalue weighted by Crippen LogP contribution is 2.09. The van der Waals surface area contributed by atoms with Crippen LogP contribution in [0.15, 0.2) is 0 Å². The molecule has 1 aliphatic rings. The van der Waals surface area contributed by atoms with E-state index in [1.807, 2.05) is 0 Å². The van der Waals surface area contributed by atoms with Gasteiger partial charge in [0.15, 0.2) is 0 Å². The molecule has 0 bridgehead atoms. The van der Waals surface area contributed by atoms with Crippen LogP contribution in [0.25, 0.3) is 0 Å². The molecule has 2 unspecified atom stereocenters. The largest absolute Gasteiger partial charge is 0.429 e. The lowest BCUT2D eigenvalue weighted by Gasteiger charge is -2.27.